The van der Waals surface area contributed by atoms with Gasteiger partial charge in [-0.25, -0.2) is 10.8 Å². The van der Waals surface area contributed by atoms with Crippen molar-refractivity contribution in [3.05, 3.63) is 11.8 Å². The summed E-state index contributed by atoms with van der Waals surface area (Å²) in [5, 5.41) is 3.34. The Morgan fingerprint density at radius 3 is 2.83 bits per heavy atom. The standard InChI is InChI=1S/C13H23N5/c1-10-9-12(17-13(16-10)18-14)15-8-4-7-11-5-2-3-6-11/h9,11H,2-8,14H2,1H3,(H2,15,16,17,18). The second-order valence-electron chi connectivity index (χ2n) is 5.08. The maximum absolute atomic E-state index is 5.32. The minimum Gasteiger partial charge on any atom is -0.370 e. The third kappa shape index (κ3) is 3.84. The Balaban J connectivity index is 1.73. The van der Waals surface area contributed by atoms with E-state index >= 15 is 0 Å². The quantitative estimate of drug-likeness (QED) is 0.410. The number of rotatable bonds is 6. The molecule has 2 rings (SSSR count). The van der Waals surface area contributed by atoms with E-state index in [1.54, 1.807) is 0 Å². The summed E-state index contributed by atoms with van der Waals surface area (Å²) in [6.45, 7) is 2.91. The van der Waals surface area contributed by atoms with E-state index in [9.17, 15) is 0 Å². The molecule has 18 heavy (non-hydrogen) atoms. The highest BCUT2D eigenvalue weighted by molar-refractivity contribution is 5.41. The molecular formula is C13H23N5. The van der Waals surface area contributed by atoms with E-state index in [2.05, 4.69) is 20.7 Å². The van der Waals surface area contributed by atoms with Gasteiger partial charge in [0.25, 0.3) is 0 Å². The SMILES string of the molecule is Cc1cc(NCCCC2CCCC2)nc(NN)n1. The normalized spacial score (nSPS) is 15.9. The number of hydrogen-bond donors (Lipinski definition) is 3. The van der Waals surface area contributed by atoms with Crippen LogP contribution >= 0.6 is 0 Å². The third-order valence-corrected chi connectivity index (χ3v) is 3.55. The van der Waals surface area contributed by atoms with Crippen molar-refractivity contribution in [1.82, 2.24) is 9.97 Å². The highest BCUT2D eigenvalue weighted by Crippen LogP contribution is 2.28. The summed E-state index contributed by atoms with van der Waals surface area (Å²) < 4.78 is 0. The van der Waals surface area contributed by atoms with Crippen molar-refractivity contribution in [2.45, 2.75) is 45.4 Å². The van der Waals surface area contributed by atoms with Gasteiger partial charge in [-0.15, -0.1) is 0 Å². The van der Waals surface area contributed by atoms with Crippen LogP contribution in [0.5, 0.6) is 0 Å². The molecule has 0 radical (unpaired) electrons. The molecule has 0 bridgehead atoms. The molecule has 1 aliphatic rings. The molecule has 100 valence electrons. The van der Waals surface area contributed by atoms with Gasteiger partial charge in [0.15, 0.2) is 0 Å². The minimum atomic E-state index is 0.466. The van der Waals surface area contributed by atoms with Crippen LogP contribution in [0, 0.1) is 12.8 Å². The highest BCUT2D eigenvalue weighted by Gasteiger charge is 2.13. The van der Waals surface area contributed by atoms with Crippen LogP contribution < -0.4 is 16.6 Å². The largest absolute Gasteiger partial charge is 0.370 e. The second-order valence-corrected chi connectivity index (χ2v) is 5.08. The zero-order chi connectivity index (χ0) is 12.8. The van der Waals surface area contributed by atoms with Crippen LogP contribution in [0.15, 0.2) is 6.07 Å². The molecule has 1 saturated carbocycles. The van der Waals surface area contributed by atoms with E-state index < -0.39 is 0 Å². The summed E-state index contributed by atoms with van der Waals surface area (Å²) in [5.41, 5.74) is 3.39. The lowest BCUT2D eigenvalue weighted by Crippen LogP contribution is -2.13. The number of aryl methyl sites for hydroxylation is 1. The summed E-state index contributed by atoms with van der Waals surface area (Å²) in [5.74, 6) is 7.60. The molecule has 5 nitrogen and oxygen atoms in total. The molecule has 0 amide bonds. The molecule has 4 N–H and O–H groups in total. The number of aromatic nitrogens is 2. The van der Waals surface area contributed by atoms with E-state index in [1.807, 2.05) is 13.0 Å². The summed E-state index contributed by atoms with van der Waals surface area (Å²) >= 11 is 0. The Bertz CT molecular complexity index is 374. The van der Waals surface area contributed by atoms with Gasteiger partial charge in [0.1, 0.15) is 5.82 Å². The zero-order valence-corrected chi connectivity index (χ0v) is 11.1. The lowest BCUT2D eigenvalue weighted by atomic mass is 10.0. The number of nitrogen functional groups attached to an aromatic ring is 1. The number of anilines is 2. The number of hydrogen-bond acceptors (Lipinski definition) is 5. The molecule has 1 heterocycles. The van der Waals surface area contributed by atoms with Crippen molar-refractivity contribution in [3.8, 4) is 0 Å². The van der Waals surface area contributed by atoms with Crippen molar-refractivity contribution in [1.29, 1.82) is 0 Å². The van der Waals surface area contributed by atoms with Crippen LogP contribution in [0.1, 0.15) is 44.2 Å². The highest BCUT2D eigenvalue weighted by atomic mass is 15.3. The van der Waals surface area contributed by atoms with Crippen LogP contribution in [0.2, 0.25) is 0 Å². The average molecular weight is 249 g/mol. The molecule has 5 heteroatoms. The molecule has 1 aromatic heterocycles. The maximum Gasteiger partial charge on any atom is 0.239 e. The van der Waals surface area contributed by atoms with Crippen molar-refractivity contribution in [2.24, 2.45) is 11.8 Å². The van der Waals surface area contributed by atoms with Gasteiger partial charge in [-0.1, -0.05) is 25.7 Å². The predicted octanol–water partition coefficient (Wildman–Crippen LogP) is 2.45. The molecule has 1 aliphatic carbocycles. The molecule has 0 aromatic carbocycles. The Morgan fingerprint density at radius 1 is 1.33 bits per heavy atom. The van der Waals surface area contributed by atoms with Gasteiger partial charge >= 0.3 is 0 Å². The van der Waals surface area contributed by atoms with Gasteiger partial charge in [-0.2, -0.15) is 4.98 Å². The number of nitrogens with two attached hydrogens (primary N) is 1. The van der Waals surface area contributed by atoms with Crippen molar-refractivity contribution < 1.29 is 0 Å². The van der Waals surface area contributed by atoms with Crippen molar-refractivity contribution >= 4 is 11.8 Å². The van der Waals surface area contributed by atoms with Gasteiger partial charge in [0.2, 0.25) is 5.95 Å². The maximum atomic E-state index is 5.32. The summed E-state index contributed by atoms with van der Waals surface area (Å²) in [6, 6.07) is 1.94. The molecule has 0 unspecified atom stereocenters. The summed E-state index contributed by atoms with van der Waals surface area (Å²) in [4.78, 5) is 8.42. The molecule has 0 saturated heterocycles. The molecule has 1 aromatic rings. The zero-order valence-electron chi connectivity index (χ0n) is 11.1. The predicted molar refractivity (Wildman–Crippen MR) is 74.3 cm³/mol. The van der Waals surface area contributed by atoms with E-state index in [1.165, 1.54) is 38.5 Å². The topological polar surface area (TPSA) is 75.9 Å². The van der Waals surface area contributed by atoms with E-state index in [0.29, 0.717) is 5.95 Å². The van der Waals surface area contributed by atoms with E-state index in [0.717, 1.165) is 24.0 Å². The number of hydrazine groups is 1. The Labute approximate surface area is 109 Å². The van der Waals surface area contributed by atoms with Crippen molar-refractivity contribution in [2.75, 3.05) is 17.3 Å². The number of nitrogens with zero attached hydrogens (tertiary/aromatic N) is 2. The fourth-order valence-corrected chi connectivity index (χ4v) is 2.63. The monoisotopic (exact) mass is 249 g/mol. The molecular weight excluding hydrogens is 226 g/mol. The first-order chi connectivity index (χ1) is 8.78. The lowest BCUT2D eigenvalue weighted by Gasteiger charge is -2.10. The lowest BCUT2D eigenvalue weighted by molar-refractivity contribution is 0.491. The van der Waals surface area contributed by atoms with Crippen LogP contribution in [0.4, 0.5) is 11.8 Å². The average Bonchev–Trinajstić information content (AvgIpc) is 2.87. The van der Waals surface area contributed by atoms with Gasteiger partial charge in [-0.3, -0.25) is 5.43 Å². The van der Waals surface area contributed by atoms with Crippen LogP contribution in [0.25, 0.3) is 0 Å². The first-order valence-electron chi connectivity index (χ1n) is 6.84. The fourth-order valence-electron chi connectivity index (χ4n) is 2.63. The van der Waals surface area contributed by atoms with Gasteiger partial charge in [0, 0.05) is 18.3 Å². The molecule has 0 spiro atoms. The Hall–Kier alpha value is -1.36. The first-order valence-corrected chi connectivity index (χ1v) is 6.84. The molecule has 0 atom stereocenters. The van der Waals surface area contributed by atoms with Crippen LogP contribution in [-0.2, 0) is 0 Å². The Kier molecular flexibility index (Phi) is 4.75. The molecule has 0 aliphatic heterocycles. The Morgan fingerprint density at radius 2 is 2.11 bits per heavy atom. The van der Waals surface area contributed by atoms with E-state index in [4.69, 9.17) is 5.84 Å². The van der Waals surface area contributed by atoms with E-state index in [-0.39, 0.29) is 0 Å². The first kappa shape index (κ1) is 13.1. The summed E-state index contributed by atoms with van der Waals surface area (Å²) in [7, 11) is 0. The second kappa shape index (κ2) is 6.54. The summed E-state index contributed by atoms with van der Waals surface area (Å²) in [6.07, 6.45) is 8.24. The minimum absolute atomic E-state index is 0.466. The van der Waals surface area contributed by atoms with Gasteiger partial charge < -0.3 is 5.32 Å². The van der Waals surface area contributed by atoms with Crippen molar-refractivity contribution in [3.63, 3.8) is 0 Å². The van der Waals surface area contributed by atoms with Crippen LogP contribution in [-0.4, -0.2) is 16.5 Å². The third-order valence-electron chi connectivity index (χ3n) is 3.55. The number of nitrogens with one attached hydrogen (secondary N) is 2. The van der Waals surface area contributed by atoms with Gasteiger partial charge in [0.05, 0.1) is 0 Å². The fraction of sp³-hybridized carbons (Fsp3) is 0.692. The molecule has 1 fully saturated rings. The van der Waals surface area contributed by atoms with Gasteiger partial charge in [-0.05, 0) is 25.7 Å². The smallest absolute Gasteiger partial charge is 0.239 e. The van der Waals surface area contributed by atoms with Crippen LogP contribution in [0.3, 0.4) is 0 Å².